The molecule has 0 saturated carbocycles. The highest BCUT2D eigenvalue weighted by atomic mass is 32.1. The minimum Gasteiger partial charge on any atom is -0.497 e. The zero-order chi connectivity index (χ0) is 21.8. The molecule has 2 aromatic heterocycles. The van der Waals surface area contributed by atoms with Gasteiger partial charge in [-0.15, -0.1) is 0 Å². The number of carbonyl (C=O) groups is 1. The molecule has 31 heavy (non-hydrogen) atoms. The van der Waals surface area contributed by atoms with Crippen molar-refractivity contribution in [1.82, 2.24) is 14.3 Å². The molecule has 0 spiro atoms. The molecular weight excluding hydrogens is 406 g/mol. The standard InChI is InChI=1S/C25H29N3O2S/c1-4-27(5-2)15-7-6-8-23(29)19-11-14-22-24(16-19)31-25-26-21(17-28(22)25)18-9-12-20(30-3)13-10-18/h9-14,16-17H,4-8,15H2,1-3H3. The minimum atomic E-state index is 0.228. The number of carbonyl (C=O) groups excluding carboxylic acids is 1. The third-order valence-electron chi connectivity index (χ3n) is 5.82. The summed E-state index contributed by atoms with van der Waals surface area (Å²) in [7, 11) is 1.67. The first-order valence-corrected chi connectivity index (χ1v) is 11.8. The lowest BCUT2D eigenvalue weighted by Crippen LogP contribution is -2.24. The molecule has 2 heterocycles. The van der Waals surface area contributed by atoms with Crippen molar-refractivity contribution < 1.29 is 9.53 Å². The zero-order valence-electron chi connectivity index (χ0n) is 18.4. The van der Waals surface area contributed by atoms with Gasteiger partial charge >= 0.3 is 0 Å². The Morgan fingerprint density at radius 3 is 2.58 bits per heavy atom. The molecule has 0 atom stereocenters. The molecule has 0 aliphatic heterocycles. The number of rotatable bonds is 10. The summed E-state index contributed by atoms with van der Waals surface area (Å²) in [6.45, 7) is 7.57. The number of nitrogens with zero attached hydrogens (tertiary/aromatic N) is 3. The average molecular weight is 436 g/mol. The number of ketones is 1. The van der Waals surface area contributed by atoms with E-state index in [1.54, 1.807) is 18.4 Å². The van der Waals surface area contributed by atoms with Gasteiger partial charge < -0.3 is 9.64 Å². The molecule has 0 aliphatic rings. The van der Waals surface area contributed by atoms with Crippen LogP contribution in [0.25, 0.3) is 26.4 Å². The molecule has 0 saturated heterocycles. The van der Waals surface area contributed by atoms with E-state index in [1.807, 2.05) is 42.5 Å². The van der Waals surface area contributed by atoms with Crippen molar-refractivity contribution in [2.24, 2.45) is 0 Å². The number of methoxy groups -OCH3 is 1. The summed E-state index contributed by atoms with van der Waals surface area (Å²) in [4.78, 5) is 20.8. The van der Waals surface area contributed by atoms with E-state index in [0.717, 1.165) is 70.2 Å². The van der Waals surface area contributed by atoms with E-state index in [4.69, 9.17) is 9.72 Å². The van der Waals surface area contributed by atoms with Gasteiger partial charge in [0, 0.05) is 23.7 Å². The first-order chi connectivity index (χ1) is 15.1. The molecule has 0 fully saturated rings. The van der Waals surface area contributed by atoms with Gasteiger partial charge in [-0.05, 0) is 74.9 Å². The second-order valence-corrected chi connectivity index (χ2v) is 8.71. The average Bonchev–Trinajstić information content (AvgIpc) is 3.36. The summed E-state index contributed by atoms with van der Waals surface area (Å²) in [5.41, 5.74) is 3.88. The molecule has 4 rings (SSSR count). The number of imidazole rings is 1. The van der Waals surface area contributed by atoms with Gasteiger partial charge in [-0.2, -0.15) is 0 Å². The van der Waals surface area contributed by atoms with Gasteiger partial charge in [0.05, 0.1) is 23.0 Å². The van der Waals surface area contributed by atoms with Gasteiger partial charge in [-0.25, -0.2) is 4.98 Å². The number of benzene rings is 2. The van der Waals surface area contributed by atoms with Crippen LogP contribution in [0.3, 0.4) is 0 Å². The second-order valence-electron chi connectivity index (χ2n) is 7.70. The SMILES string of the molecule is CCN(CC)CCCCC(=O)c1ccc2c(c1)sc1nc(-c3ccc(OC)cc3)cn12. The van der Waals surface area contributed by atoms with Crippen molar-refractivity contribution in [3.8, 4) is 17.0 Å². The van der Waals surface area contributed by atoms with Gasteiger partial charge in [0.25, 0.3) is 0 Å². The topological polar surface area (TPSA) is 46.8 Å². The molecule has 2 aromatic carbocycles. The Kier molecular flexibility index (Phi) is 6.68. The molecule has 0 N–H and O–H groups in total. The van der Waals surface area contributed by atoms with E-state index in [1.165, 1.54) is 0 Å². The predicted octanol–water partition coefficient (Wildman–Crippen LogP) is 5.92. The lowest BCUT2D eigenvalue weighted by Gasteiger charge is -2.17. The van der Waals surface area contributed by atoms with Crippen molar-refractivity contribution >= 4 is 32.3 Å². The first kappa shape index (κ1) is 21.5. The van der Waals surface area contributed by atoms with Crippen molar-refractivity contribution in [2.75, 3.05) is 26.7 Å². The summed E-state index contributed by atoms with van der Waals surface area (Å²) in [5.74, 6) is 1.06. The van der Waals surface area contributed by atoms with Crippen LogP contribution in [-0.4, -0.2) is 46.8 Å². The first-order valence-electron chi connectivity index (χ1n) is 10.9. The molecule has 162 valence electrons. The van der Waals surface area contributed by atoms with Crippen molar-refractivity contribution in [2.45, 2.75) is 33.1 Å². The Morgan fingerprint density at radius 2 is 1.87 bits per heavy atom. The summed E-state index contributed by atoms with van der Waals surface area (Å²) < 4.78 is 8.44. The Morgan fingerprint density at radius 1 is 1.10 bits per heavy atom. The molecule has 6 heteroatoms. The van der Waals surface area contributed by atoms with Gasteiger partial charge in [0.1, 0.15) is 5.75 Å². The van der Waals surface area contributed by atoms with Gasteiger partial charge in [0.2, 0.25) is 0 Å². The van der Waals surface area contributed by atoms with Crippen LogP contribution in [0.1, 0.15) is 43.5 Å². The molecule has 0 unspecified atom stereocenters. The van der Waals surface area contributed by atoms with Gasteiger partial charge in [-0.1, -0.05) is 25.2 Å². The smallest absolute Gasteiger partial charge is 0.195 e. The number of aromatic nitrogens is 2. The van der Waals surface area contributed by atoms with Crippen LogP contribution in [0.5, 0.6) is 5.75 Å². The Labute approximate surface area is 187 Å². The number of unbranched alkanes of at least 4 members (excludes halogenated alkanes) is 1. The molecule has 0 bridgehead atoms. The number of ether oxygens (including phenoxy) is 1. The Hall–Kier alpha value is -2.70. The van der Waals surface area contributed by atoms with Crippen LogP contribution < -0.4 is 4.74 Å². The number of Topliss-reactive ketones (excluding diaryl/α,β-unsaturated/α-hetero) is 1. The highest BCUT2D eigenvalue weighted by Gasteiger charge is 2.13. The Bertz CT molecular complexity index is 1170. The van der Waals surface area contributed by atoms with E-state index in [-0.39, 0.29) is 5.78 Å². The van der Waals surface area contributed by atoms with Crippen molar-refractivity contribution in [3.63, 3.8) is 0 Å². The number of thiazole rings is 1. The van der Waals surface area contributed by atoms with Crippen LogP contribution in [0.15, 0.2) is 48.7 Å². The monoisotopic (exact) mass is 435 g/mol. The van der Waals surface area contributed by atoms with Gasteiger partial charge in [0.15, 0.2) is 10.7 Å². The third-order valence-corrected chi connectivity index (χ3v) is 6.84. The van der Waals surface area contributed by atoms with Crippen LogP contribution in [0.4, 0.5) is 0 Å². The fraction of sp³-hybridized carbons (Fsp3) is 0.360. The van der Waals surface area contributed by atoms with Crippen LogP contribution in [0.2, 0.25) is 0 Å². The zero-order valence-corrected chi connectivity index (χ0v) is 19.2. The molecule has 5 nitrogen and oxygen atoms in total. The summed E-state index contributed by atoms with van der Waals surface area (Å²) in [6.07, 6.45) is 4.67. The normalized spacial score (nSPS) is 11.6. The van der Waals surface area contributed by atoms with Crippen LogP contribution >= 0.6 is 11.3 Å². The van der Waals surface area contributed by atoms with Crippen molar-refractivity contribution in [3.05, 3.63) is 54.2 Å². The van der Waals surface area contributed by atoms with E-state index in [9.17, 15) is 4.79 Å². The Balaban J connectivity index is 1.47. The second kappa shape index (κ2) is 9.62. The molecular formula is C25H29N3O2S. The molecule has 4 aromatic rings. The maximum absolute atomic E-state index is 12.7. The third kappa shape index (κ3) is 4.65. The van der Waals surface area contributed by atoms with E-state index < -0.39 is 0 Å². The molecule has 0 radical (unpaired) electrons. The highest BCUT2D eigenvalue weighted by molar-refractivity contribution is 7.23. The van der Waals surface area contributed by atoms with Crippen molar-refractivity contribution in [1.29, 1.82) is 0 Å². The van der Waals surface area contributed by atoms with E-state index in [2.05, 4.69) is 29.3 Å². The van der Waals surface area contributed by atoms with Crippen LogP contribution in [0, 0.1) is 0 Å². The number of hydrogen-bond donors (Lipinski definition) is 0. The summed E-state index contributed by atoms with van der Waals surface area (Å²) >= 11 is 1.62. The summed E-state index contributed by atoms with van der Waals surface area (Å²) in [6, 6.07) is 13.9. The van der Waals surface area contributed by atoms with Gasteiger partial charge in [-0.3, -0.25) is 9.20 Å². The van der Waals surface area contributed by atoms with E-state index in [0.29, 0.717) is 6.42 Å². The number of hydrogen-bond acceptors (Lipinski definition) is 5. The minimum absolute atomic E-state index is 0.228. The van der Waals surface area contributed by atoms with Crippen LogP contribution in [-0.2, 0) is 0 Å². The highest BCUT2D eigenvalue weighted by Crippen LogP contribution is 2.31. The lowest BCUT2D eigenvalue weighted by atomic mass is 10.1. The maximum atomic E-state index is 12.7. The maximum Gasteiger partial charge on any atom is 0.195 e. The summed E-state index contributed by atoms with van der Waals surface area (Å²) in [5, 5.41) is 0. The fourth-order valence-corrected chi connectivity index (χ4v) is 4.93. The lowest BCUT2D eigenvalue weighted by molar-refractivity contribution is 0.0978. The molecule has 0 aliphatic carbocycles. The quantitative estimate of drug-likeness (QED) is 0.229. The number of fused-ring (bicyclic) bond motifs is 3. The predicted molar refractivity (Wildman–Crippen MR) is 129 cm³/mol. The largest absolute Gasteiger partial charge is 0.497 e. The van der Waals surface area contributed by atoms with E-state index >= 15 is 0 Å². The fourth-order valence-electron chi connectivity index (χ4n) is 3.88. The molecule has 0 amide bonds.